The van der Waals surface area contributed by atoms with Gasteiger partial charge in [-0.05, 0) is 23.8 Å². The summed E-state index contributed by atoms with van der Waals surface area (Å²) in [6, 6.07) is 7.78. The fraction of sp³-hybridized carbons (Fsp3) is 0.188. The topological polar surface area (TPSA) is 127 Å². The molecule has 0 aliphatic heterocycles. The maximum atomic E-state index is 11.5. The lowest BCUT2D eigenvalue weighted by atomic mass is 10.0. The summed E-state index contributed by atoms with van der Waals surface area (Å²) < 4.78 is 30.6. The van der Waals surface area contributed by atoms with Crippen LogP contribution in [-0.2, 0) is 16.6 Å². The van der Waals surface area contributed by atoms with Crippen molar-refractivity contribution in [3.05, 3.63) is 51.0 Å². The van der Waals surface area contributed by atoms with E-state index >= 15 is 0 Å². The summed E-state index contributed by atoms with van der Waals surface area (Å²) >= 11 is 6.28. The van der Waals surface area contributed by atoms with Crippen molar-refractivity contribution in [2.45, 2.75) is 6.54 Å². The number of nitrogens with zero attached hydrogens (tertiary/aromatic N) is 2. The van der Waals surface area contributed by atoms with Gasteiger partial charge in [-0.2, -0.15) is 5.10 Å². The largest absolute Gasteiger partial charge is 0.497 e. The zero-order chi connectivity index (χ0) is 19.8. The Morgan fingerprint density at radius 3 is 2.70 bits per heavy atom. The van der Waals surface area contributed by atoms with E-state index in [0.717, 1.165) is 6.26 Å². The van der Waals surface area contributed by atoms with E-state index in [9.17, 15) is 18.5 Å². The molecule has 142 valence electrons. The van der Waals surface area contributed by atoms with Crippen LogP contribution in [0.5, 0.6) is 5.75 Å². The minimum atomic E-state index is -3.41. The second kappa shape index (κ2) is 7.14. The van der Waals surface area contributed by atoms with Crippen LogP contribution in [0.25, 0.3) is 22.2 Å². The van der Waals surface area contributed by atoms with Crippen molar-refractivity contribution >= 4 is 38.2 Å². The van der Waals surface area contributed by atoms with Gasteiger partial charge in [-0.25, -0.2) is 13.1 Å². The second-order valence-corrected chi connectivity index (χ2v) is 8.00. The van der Waals surface area contributed by atoms with Gasteiger partial charge >= 0.3 is 0 Å². The molecule has 0 atom stereocenters. The number of sulfonamides is 1. The van der Waals surface area contributed by atoms with E-state index in [1.807, 2.05) is 0 Å². The predicted octanol–water partition coefficient (Wildman–Crippen LogP) is 2.85. The summed E-state index contributed by atoms with van der Waals surface area (Å²) in [6.07, 6.45) is 1.06. The van der Waals surface area contributed by atoms with Crippen LogP contribution in [0.3, 0.4) is 0 Å². The SMILES string of the molecule is COc1ccc(CNS(C)(=O)=O)c(-c2[nH]nc3c([N+](=O)[O-])ccc(Cl)c23)c1. The van der Waals surface area contributed by atoms with E-state index in [0.29, 0.717) is 28.0 Å². The number of nitro groups is 1. The molecule has 3 rings (SSSR count). The Kier molecular flexibility index (Phi) is 5.05. The highest BCUT2D eigenvalue weighted by Gasteiger charge is 2.22. The Balaban J connectivity index is 2.23. The van der Waals surface area contributed by atoms with Gasteiger partial charge in [0.05, 0.1) is 34.4 Å². The number of non-ortho nitro benzene ring substituents is 1. The highest BCUT2D eigenvalue weighted by Crippen LogP contribution is 2.38. The first-order valence-corrected chi connectivity index (χ1v) is 9.91. The first-order valence-electron chi connectivity index (χ1n) is 7.64. The van der Waals surface area contributed by atoms with Crippen LogP contribution in [0.15, 0.2) is 30.3 Å². The summed E-state index contributed by atoms with van der Waals surface area (Å²) in [5.41, 5.74) is 1.55. The van der Waals surface area contributed by atoms with E-state index < -0.39 is 14.9 Å². The first kappa shape index (κ1) is 19.1. The fourth-order valence-electron chi connectivity index (χ4n) is 2.69. The molecule has 2 aromatic carbocycles. The number of benzene rings is 2. The third kappa shape index (κ3) is 3.87. The smallest absolute Gasteiger partial charge is 0.297 e. The molecule has 0 bridgehead atoms. The van der Waals surface area contributed by atoms with Gasteiger partial charge in [0.1, 0.15) is 5.75 Å². The summed E-state index contributed by atoms with van der Waals surface area (Å²) in [5, 5.41) is 18.8. The van der Waals surface area contributed by atoms with Crippen LogP contribution in [-0.4, -0.2) is 36.9 Å². The minimum Gasteiger partial charge on any atom is -0.497 e. The van der Waals surface area contributed by atoms with Crippen LogP contribution in [0.1, 0.15) is 5.56 Å². The first-order chi connectivity index (χ1) is 12.7. The van der Waals surface area contributed by atoms with Gasteiger partial charge < -0.3 is 4.74 Å². The van der Waals surface area contributed by atoms with Crippen LogP contribution >= 0.6 is 11.6 Å². The van der Waals surface area contributed by atoms with Crippen LogP contribution in [0.2, 0.25) is 5.02 Å². The number of halogens is 1. The van der Waals surface area contributed by atoms with Gasteiger partial charge in [0.2, 0.25) is 10.0 Å². The molecule has 3 aromatic rings. The molecular formula is C16H15ClN4O5S. The highest BCUT2D eigenvalue weighted by atomic mass is 35.5. The number of aromatic nitrogens is 2. The van der Waals surface area contributed by atoms with Crippen molar-refractivity contribution in [2.75, 3.05) is 13.4 Å². The van der Waals surface area contributed by atoms with Gasteiger partial charge in [0, 0.05) is 18.2 Å². The number of rotatable bonds is 6. The molecule has 0 amide bonds. The molecule has 27 heavy (non-hydrogen) atoms. The van der Waals surface area contributed by atoms with Crippen molar-refractivity contribution in [2.24, 2.45) is 0 Å². The van der Waals surface area contributed by atoms with Crippen LogP contribution in [0, 0.1) is 10.1 Å². The fourth-order valence-corrected chi connectivity index (χ4v) is 3.36. The monoisotopic (exact) mass is 410 g/mol. The molecule has 1 heterocycles. The summed E-state index contributed by atoms with van der Waals surface area (Å²) in [5.74, 6) is 0.525. The molecule has 0 aliphatic rings. The highest BCUT2D eigenvalue weighted by molar-refractivity contribution is 7.88. The number of hydrogen-bond donors (Lipinski definition) is 2. The van der Waals surface area contributed by atoms with E-state index in [1.165, 1.54) is 19.2 Å². The molecule has 0 saturated heterocycles. The average molecular weight is 411 g/mol. The normalized spacial score (nSPS) is 11.7. The molecule has 0 unspecified atom stereocenters. The third-order valence-electron chi connectivity index (χ3n) is 3.94. The lowest BCUT2D eigenvalue weighted by Gasteiger charge is -2.11. The lowest BCUT2D eigenvalue weighted by Crippen LogP contribution is -2.21. The number of fused-ring (bicyclic) bond motifs is 1. The summed E-state index contributed by atoms with van der Waals surface area (Å²) in [6.45, 7) is 0.0191. The second-order valence-electron chi connectivity index (χ2n) is 5.76. The number of methoxy groups -OCH3 is 1. The number of hydrogen-bond acceptors (Lipinski definition) is 6. The van der Waals surface area contributed by atoms with E-state index in [1.54, 1.807) is 18.2 Å². The molecule has 2 N–H and O–H groups in total. The van der Waals surface area contributed by atoms with Crippen molar-refractivity contribution in [1.82, 2.24) is 14.9 Å². The molecule has 0 spiro atoms. The number of ether oxygens (including phenoxy) is 1. The predicted molar refractivity (Wildman–Crippen MR) is 101 cm³/mol. The van der Waals surface area contributed by atoms with E-state index in [4.69, 9.17) is 16.3 Å². The Hall–Kier alpha value is -2.69. The zero-order valence-electron chi connectivity index (χ0n) is 14.3. The van der Waals surface area contributed by atoms with Crippen molar-refractivity contribution in [1.29, 1.82) is 0 Å². The standard InChI is InChI=1S/C16H15ClN4O5S/c1-26-10-4-3-9(8-18-27(2,24)25)11(7-10)15-14-12(17)5-6-13(21(22)23)16(14)20-19-15/h3-7,18H,8H2,1-2H3,(H,19,20). The van der Waals surface area contributed by atoms with Crippen LogP contribution < -0.4 is 9.46 Å². The van der Waals surface area contributed by atoms with Crippen molar-refractivity contribution < 1.29 is 18.1 Å². The summed E-state index contributed by atoms with van der Waals surface area (Å²) in [7, 11) is -1.92. The number of nitrogens with one attached hydrogen (secondary N) is 2. The minimum absolute atomic E-state index is 0.0191. The van der Waals surface area contributed by atoms with Gasteiger partial charge in [-0.3, -0.25) is 15.2 Å². The molecule has 9 nitrogen and oxygen atoms in total. The quantitative estimate of drug-likeness (QED) is 0.475. The van der Waals surface area contributed by atoms with Gasteiger partial charge in [-0.15, -0.1) is 0 Å². The molecule has 0 saturated carbocycles. The Morgan fingerprint density at radius 1 is 1.33 bits per heavy atom. The number of nitro benzene ring substituents is 1. The third-order valence-corrected chi connectivity index (χ3v) is 4.93. The van der Waals surface area contributed by atoms with Gasteiger partial charge in [0.15, 0.2) is 5.52 Å². The Morgan fingerprint density at radius 2 is 2.07 bits per heavy atom. The average Bonchev–Trinajstić information content (AvgIpc) is 3.05. The zero-order valence-corrected chi connectivity index (χ0v) is 15.9. The Labute approximate surface area is 159 Å². The number of H-pyrrole nitrogens is 1. The van der Waals surface area contributed by atoms with Crippen molar-refractivity contribution in [3.8, 4) is 17.0 Å². The van der Waals surface area contributed by atoms with E-state index in [-0.39, 0.29) is 22.8 Å². The van der Waals surface area contributed by atoms with Gasteiger partial charge in [0.25, 0.3) is 5.69 Å². The van der Waals surface area contributed by atoms with E-state index in [2.05, 4.69) is 14.9 Å². The summed E-state index contributed by atoms with van der Waals surface area (Å²) in [4.78, 5) is 10.7. The molecule has 0 aliphatic carbocycles. The van der Waals surface area contributed by atoms with Crippen molar-refractivity contribution in [3.63, 3.8) is 0 Å². The van der Waals surface area contributed by atoms with Gasteiger partial charge in [-0.1, -0.05) is 17.7 Å². The maximum Gasteiger partial charge on any atom is 0.297 e. The lowest BCUT2D eigenvalue weighted by molar-refractivity contribution is -0.383. The molecular weight excluding hydrogens is 396 g/mol. The molecule has 0 fully saturated rings. The number of aromatic amines is 1. The molecule has 11 heteroatoms. The molecule has 0 radical (unpaired) electrons. The Bertz CT molecular complexity index is 1140. The molecule has 1 aromatic heterocycles. The van der Waals surface area contributed by atoms with Crippen LogP contribution in [0.4, 0.5) is 5.69 Å². The maximum absolute atomic E-state index is 11.5.